The van der Waals surface area contributed by atoms with Crippen molar-refractivity contribution in [1.29, 1.82) is 0 Å². The summed E-state index contributed by atoms with van der Waals surface area (Å²) in [6.45, 7) is 5.37. The predicted molar refractivity (Wildman–Crippen MR) is 96.3 cm³/mol. The zero-order chi connectivity index (χ0) is 18.2. The van der Waals surface area contributed by atoms with Gasteiger partial charge >= 0.3 is 0 Å². The molecule has 0 radical (unpaired) electrons. The number of hydrogen-bond donors (Lipinski definition) is 0. The molecule has 1 aromatic heterocycles. The summed E-state index contributed by atoms with van der Waals surface area (Å²) < 4.78 is 11.2. The van der Waals surface area contributed by atoms with Crippen LogP contribution in [0.1, 0.15) is 13.8 Å². The predicted octanol–water partition coefficient (Wildman–Crippen LogP) is 2.58. The van der Waals surface area contributed by atoms with E-state index in [1.807, 2.05) is 43.1 Å². The molecule has 0 aliphatic heterocycles. The lowest BCUT2D eigenvalue weighted by atomic mass is 10.3. The first-order valence-corrected chi connectivity index (χ1v) is 8.15. The van der Waals surface area contributed by atoms with Crippen LogP contribution in [0.2, 0.25) is 0 Å². The topological polar surface area (TPSA) is 67.8 Å². The molecule has 1 amide bonds. The molecular formula is C18H24N4O3. The Morgan fingerprint density at radius 3 is 2.40 bits per heavy atom. The van der Waals surface area contributed by atoms with Gasteiger partial charge in [0.25, 0.3) is 0 Å². The lowest BCUT2D eigenvalue weighted by Gasteiger charge is -2.22. The van der Waals surface area contributed by atoms with Gasteiger partial charge in [0.2, 0.25) is 11.8 Å². The average Bonchev–Trinajstić information content (AvgIpc) is 2.61. The van der Waals surface area contributed by atoms with E-state index in [1.165, 1.54) is 0 Å². The molecule has 7 nitrogen and oxygen atoms in total. The highest BCUT2D eigenvalue weighted by Gasteiger charge is 2.09. The number of benzene rings is 1. The molecule has 0 N–H and O–H groups in total. The first-order valence-electron chi connectivity index (χ1n) is 8.15. The fraction of sp³-hybridized carbons (Fsp3) is 0.389. The largest absolute Gasteiger partial charge is 0.494 e. The fourth-order valence-electron chi connectivity index (χ4n) is 2.03. The summed E-state index contributed by atoms with van der Waals surface area (Å²) in [5.74, 6) is 2.58. The highest BCUT2D eigenvalue weighted by Crippen LogP contribution is 2.23. The highest BCUT2D eigenvalue weighted by molar-refractivity contribution is 5.72. The van der Waals surface area contributed by atoms with E-state index < -0.39 is 0 Å². The number of rotatable bonds is 8. The Kier molecular flexibility index (Phi) is 6.56. The highest BCUT2D eigenvalue weighted by atomic mass is 16.5. The Morgan fingerprint density at radius 2 is 1.76 bits per heavy atom. The van der Waals surface area contributed by atoms with Crippen molar-refractivity contribution in [3.05, 3.63) is 36.7 Å². The fourth-order valence-corrected chi connectivity index (χ4v) is 2.03. The molecular weight excluding hydrogens is 320 g/mol. The Morgan fingerprint density at radius 1 is 1.08 bits per heavy atom. The number of ether oxygens (including phenoxy) is 2. The monoisotopic (exact) mass is 344 g/mol. The number of amides is 1. The van der Waals surface area contributed by atoms with E-state index in [1.54, 1.807) is 31.3 Å². The number of anilines is 1. The normalized spacial score (nSPS) is 10.2. The van der Waals surface area contributed by atoms with Crippen molar-refractivity contribution in [2.45, 2.75) is 13.8 Å². The van der Waals surface area contributed by atoms with E-state index in [4.69, 9.17) is 9.47 Å². The molecule has 2 rings (SSSR count). The zero-order valence-corrected chi connectivity index (χ0v) is 15.1. The van der Waals surface area contributed by atoms with Crippen LogP contribution in [0.15, 0.2) is 36.7 Å². The van der Waals surface area contributed by atoms with Gasteiger partial charge in [0, 0.05) is 34.1 Å². The lowest BCUT2D eigenvalue weighted by Crippen LogP contribution is -2.33. The van der Waals surface area contributed by atoms with Crippen LogP contribution in [0.5, 0.6) is 17.4 Å². The van der Waals surface area contributed by atoms with E-state index in [0.29, 0.717) is 37.1 Å². The van der Waals surface area contributed by atoms with Crippen molar-refractivity contribution in [1.82, 2.24) is 14.9 Å². The molecule has 0 unspecified atom stereocenters. The van der Waals surface area contributed by atoms with Crippen molar-refractivity contribution in [2.75, 3.05) is 38.7 Å². The summed E-state index contributed by atoms with van der Waals surface area (Å²) in [5.41, 5.74) is 0. The van der Waals surface area contributed by atoms with E-state index in [9.17, 15) is 4.79 Å². The number of carbonyl (C=O) groups is 1. The van der Waals surface area contributed by atoms with Crippen LogP contribution in [0.3, 0.4) is 0 Å². The number of carbonyl (C=O) groups excluding carboxylic acids is 1. The summed E-state index contributed by atoms with van der Waals surface area (Å²) in [7, 11) is 3.67. The molecule has 0 bridgehead atoms. The van der Waals surface area contributed by atoms with Gasteiger partial charge in [-0.15, -0.1) is 0 Å². The Labute approximate surface area is 148 Å². The molecule has 0 aliphatic rings. The maximum atomic E-state index is 11.3. The van der Waals surface area contributed by atoms with Crippen LogP contribution in [-0.4, -0.2) is 54.6 Å². The lowest BCUT2D eigenvalue weighted by molar-refractivity contribution is -0.127. The molecule has 134 valence electrons. The van der Waals surface area contributed by atoms with E-state index in [-0.39, 0.29) is 5.91 Å². The van der Waals surface area contributed by atoms with Gasteiger partial charge < -0.3 is 19.3 Å². The smallest absolute Gasteiger partial charge is 0.239 e. The Bertz CT molecular complexity index is 691. The minimum atomic E-state index is 0.0343. The first-order chi connectivity index (χ1) is 12.0. The summed E-state index contributed by atoms with van der Waals surface area (Å²) in [6, 6.07) is 7.34. The molecule has 1 aromatic carbocycles. The third-order valence-electron chi connectivity index (χ3n) is 3.66. The number of aromatic nitrogens is 2. The molecule has 0 saturated carbocycles. The van der Waals surface area contributed by atoms with E-state index >= 15 is 0 Å². The SMILES string of the molecule is CCOc1ccc(Oc2cncc(N(C)CCN(C)C(C)=O)n2)cc1. The van der Waals surface area contributed by atoms with Crippen LogP contribution >= 0.6 is 0 Å². The summed E-state index contributed by atoms with van der Waals surface area (Å²) in [6.07, 6.45) is 3.23. The third-order valence-corrected chi connectivity index (χ3v) is 3.66. The van der Waals surface area contributed by atoms with Crippen LogP contribution in [-0.2, 0) is 4.79 Å². The number of likely N-dealkylation sites (N-methyl/N-ethyl adjacent to an activating group) is 2. The molecule has 0 aliphatic carbocycles. The maximum absolute atomic E-state index is 11.3. The molecule has 0 fully saturated rings. The summed E-state index contributed by atoms with van der Waals surface area (Å²) in [5, 5.41) is 0. The van der Waals surface area contributed by atoms with Gasteiger partial charge in [0.1, 0.15) is 11.5 Å². The van der Waals surface area contributed by atoms with Crippen molar-refractivity contribution in [3.63, 3.8) is 0 Å². The van der Waals surface area contributed by atoms with Gasteiger partial charge in [-0.3, -0.25) is 9.78 Å². The first kappa shape index (κ1) is 18.5. The molecule has 0 spiro atoms. The van der Waals surface area contributed by atoms with Crippen molar-refractivity contribution in [2.24, 2.45) is 0 Å². The molecule has 0 saturated heterocycles. The van der Waals surface area contributed by atoms with Gasteiger partial charge in [0.15, 0.2) is 5.82 Å². The van der Waals surface area contributed by atoms with Crippen molar-refractivity contribution in [3.8, 4) is 17.4 Å². The molecule has 1 heterocycles. The molecule has 25 heavy (non-hydrogen) atoms. The van der Waals surface area contributed by atoms with E-state index in [0.717, 1.165) is 5.75 Å². The summed E-state index contributed by atoms with van der Waals surface area (Å²) in [4.78, 5) is 23.5. The zero-order valence-electron chi connectivity index (χ0n) is 15.1. The number of hydrogen-bond acceptors (Lipinski definition) is 6. The van der Waals surface area contributed by atoms with Crippen LogP contribution in [0, 0.1) is 0 Å². The minimum Gasteiger partial charge on any atom is -0.494 e. The Balaban J connectivity index is 1.99. The average molecular weight is 344 g/mol. The van der Waals surface area contributed by atoms with Crippen LogP contribution in [0.25, 0.3) is 0 Å². The van der Waals surface area contributed by atoms with Gasteiger partial charge in [0.05, 0.1) is 19.0 Å². The van der Waals surface area contributed by atoms with E-state index in [2.05, 4.69) is 9.97 Å². The molecule has 2 aromatic rings. The quantitative estimate of drug-likeness (QED) is 0.733. The van der Waals surface area contributed by atoms with Crippen molar-refractivity contribution >= 4 is 11.7 Å². The Hall–Kier alpha value is -2.83. The second-order valence-electron chi connectivity index (χ2n) is 5.58. The van der Waals surface area contributed by atoms with Crippen LogP contribution < -0.4 is 14.4 Å². The van der Waals surface area contributed by atoms with Gasteiger partial charge in [-0.25, -0.2) is 0 Å². The standard InChI is InChI=1S/C18H24N4O3/c1-5-24-15-6-8-16(9-7-15)25-18-13-19-12-17(20-18)22(4)11-10-21(3)14(2)23/h6-9,12-13H,5,10-11H2,1-4H3. The van der Waals surface area contributed by atoms with Crippen molar-refractivity contribution < 1.29 is 14.3 Å². The third kappa shape index (κ3) is 5.63. The summed E-state index contributed by atoms with van der Waals surface area (Å²) >= 11 is 0. The van der Waals surface area contributed by atoms with Crippen LogP contribution in [0.4, 0.5) is 5.82 Å². The second-order valence-corrected chi connectivity index (χ2v) is 5.58. The maximum Gasteiger partial charge on any atom is 0.239 e. The number of nitrogens with zero attached hydrogens (tertiary/aromatic N) is 4. The van der Waals surface area contributed by atoms with Gasteiger partial charge in [-0.1, -0.05) is 0 Å². The molecule has 0 atom stereocenters. The van der Waals surface area contributed by atoms with Gasteiger partial charge in [-0.05, 0) is 31.2 Å². The minimum absolute atomic E-state index is 0.0343. The molecule has 7 heteroatoms. The van der Waals surface area contributed by atoms with Gasteiger partial charge in [-0.2, -0.15) is 4.98 Å². The second kappa shape index (κ2) is 8.86.